The Morgan fingerprint density at radius 3 is 2.42 bits per heavy atom. The van der Waals surface area contributed by atoms with Gasteiger partial charge in [-0.15, -0.1) is 13.2 Å². The van der Waals surface area contributed by atoms with E-state index in [4.69, 9.17) is 5.73 Å². The van der Waals surface area contributed by atoms with Crippen LogP contribution in [0.25, 0.3) is 0 Å². The molecular formula is C12H16F3N3O. The van der Waals surface area contributed by atoms with Crippen molar-refractivity contribution in [2.45, 2.75) is 32.7 Å². The average Bonchev–Trinajstić information content (AvgIpc) is 2.11. The Labute approximate surface area is 109 Å². The minimum atomic E-state index is -4.72. The zero-order valence-electron chi connectivity index (χ0n) is 10.9. The highest BCUT2D eigenvalue weighted by molar-refractivity contribution is 5.92. The monoisotopic (exact) mass is 275 g/mol. The van der Waals surface area contributed by atoms with Crippen molar-refractivity contribution in [1.29, 1.82) is 0 Å². The van der Waals surface area contributed by atoms with Gasteiger partial charge in [-0.05, 0) is 32.9 Å². The Kier molecular flexibility index (Phi) is 4.28. The molecule has 0 saturated carbocycles. The summed E-state index contributed by atoms with van der Waals surface area (Å²) in [5.74, 6) is -0.197. The van der Waals surface area contributed by atoms with Crippen LogP contribution in [0.3, 0.4) is 0 Å². The van der Waals surface area contributed by atoms with Gasteiger partial charge in [0.05, 0.1) is 5.54 Å². The SMILES string of the molecule is CC(C)(C)N=C(N)Nc1cccc(OC(F)(F)F)c1. The zero-order valence-corrected chi connectivity index (χ0v) is 10.9. The predicted molar refractivity (Wildman–Crippen MR) is 68.1 cm³/mol. The number of benzene rings is 1. The van der Waals surface area contributed by atoms with Gasteiger partial charge in [0.2, 0.25) is 0 Å². The van der Waals surface area contributed by atoms with Gasteiger partial charge in [-0.25, -0.2) is 4.99 Å². The Morgan fingerprint density at radius 2 is 1.89 bits per heavy atom. The fraction of sp³-hybridized carbons (Fsp3) is 0.417. The van der Waals surface area contributed by atoms with E-state index in [2.05, 4.69) is 15.0 Å². The molecule has 0 fully saturated rings. The smallest absolute Gasteiger partial charge is 0.406 e. The second-order valence-corrected chi connectivity index (χ2v) is 4.87. The van der Waals surface area contributed by atoms with Crippen LogP contribution in [0.15, 0.2) is 29.3 Å². The lowest BCUT2D eigenvalue weighted by atomic mass is 10.1. The topological polar surface area (TPSA) is 59.6 Å². The maximum absolute atomic E-state index is 12.1. The van der Waals surface area contributed by atoms with E-state index >= 15 is 0 Å². The molecule has 0 atom stereocenters. The van der Waals surface area contributed by atoms with Gasteiger partial charge in [0.25, 0.3) is 0 Å². The summed E-state index contributed by atoms with van der Waals surface area (Å²) in [6, 6.07) is 5.39. The first kappa shape index (κ1) is 15.1. The lowest BCUT2D eigenvalue weighted by molar-refractivity contribution is -0.274. The van der Waals surface area contributed by atoms with Gasteiger partial charge >= 0.3 is 6.36 Å². The van der Waals surface area contributed by atoms with E-state index in [1.165, 1.54) is 18.2 Å². The number of nitrogens with zero attached hydrogens (tertiary/aromatic N) is 1. The van der Waals surface area contributed by atoms with Crippen LogP contribution in [0.5, 0.6) is 5.75 Å². The maximum atomic E-state index is 12.1. The molecule has 0 unspecified atom stereocenters. The molecule has 0 aromatic heterocycles. The largest absolute Gasteiger partial charge is 0.573 e. The number of aliphatic imine (C=N–C) groups is 1. The maximum Gasteiger partial charge on any atom is 0.573 e. The molecule has 19 heavy (non-hydrogen) atoms. The number of nitrogens with two attached hydrogens (primary N) is 1. The average molecular weight is 275 g/mol. The number of hydrogen-bond acceptors (Lipinski definition) is 2. The Morgan fingerprint density at radius 1 is 1.26 bits per heavy atom. The molecule has 0 amide bonds. The number of guanidine groups is 1. The molecule has 1 aromatic rings. The Balaban J connectivity index is 2.81. The first-order valence-electron chi connectivity index (χ1n) is 5.53. The van der Waals surface area contributed by atoms with Crippen LogP contribution < -0.4 is 15.8 Å². The van der Waals surface area contributed by atoms with Crippen LogP contribution >= 0.6 is 0 Å². The highest BCUT2D eigenvalue weighted by Gasteiger charge is 2.31. The van der Waals surface area contributed by atoms with Crippen molar-refractivity contribution >= 4 is 11.6 Å². The summed E-state index contributed by atoms with van der Waals surface area (Å²) in [5.41, 5.74) is 5.64. The van der Waals surface area contributed by atoms with E-state index in [0.29, 0.717) is 5.69 Å². The van der Waals surface area contributed by atoms with E-state index in [1.54, 1.807) is 6.07 Å². The van der Waals surface area contributed by atoms with E-state index in [9.17, 15) is 13.2 Å². The molecule has 0 bridgehead atoms. The molecule has 7 heteroatoms. The molecule has 0 aliphatic heterocycles. The van der Waals surface area contributed by atoms with Crippen molar-refractivity contribution in [3.8, 4) is 5.75 Å². The van der Waals surface area contributed by atoms with Crippen LogP contribution in [0.4, 0.5) is 18.9 Å². The summed E-state index contributed by atoms with van der Waals surface area (Å²) in [6.07, 6.45) is -4.72. The number of ether oxygens (including phenoxy) is 1. The first-order valence-corrected chi connectivity index (χ1v) is 5.53. The summed E-state index contributed by atoms with van der Waals surface area (Å²) in [5, 5.41) is 2.71. The first-order chi connectivity index (χ1) is 8.55. The third-order valence-electron chi connectivity index (χ3n) is 1.80. The third-order valence-corrected chi connectivity index (χ3v) is 1.80. The van der Waals surface area contributed by atoms with Gasteiger partial charge in [0.1, 0.15) is 5.75 Å². The van der Waals surface area contributed by atoms with Gasteiger partial charge in [0, 0.05) is 11.8 Å². The Hall–Kier alpha value is -1.92. The minimum Gasteiger partial charge on any atom is -0.406 e. The second-order valence-electron chi connectivity index (χ2n) is 4.87. The van der Waals surface area contributed by atoms with E-state index in [1.807, 2.05) is 20.8 Å². The molecule has 0 aliphatic rings. The highest BCUT2D eigenvalue weighted by atomic mass is 19.4. The quantitative estimate of drug-likeness (QED) is 0.644. The fourth-order valence-electron chi connectivity index (χ4n) is 1.31. The molecular weight excluding hydrogens is 259 g/mol. The van der Waals surface area contributed by atoms with Crippen molar-refractivity contribution in [1.82, 2.24) is 0 Å². The summed E-state index contributed by atoms with van der Waals surface area (Å²) in [6.45, 7) is 5.56. The molecule has 0 saturated heterocycles. The van der Waals surface area contributed by atoms with Gasteiger partial charge in [0.15, 0.2) is 5.96 Å². The summed E-state index contributed by atoms with van der Waals surface area (Å²) in [7, 11) is 0. The standard InChI is InChI=1S/C12H16F3N3O/c1-11(2,3)18-10(16)17-8-5-4-6-9(7-8)19-12(13,14)15/h4-7H,1-3H3,(H3,16,17,18). The van der Waals surface area contributed by atoms with Crippen LogP contribution in [0, 0.1) is 0 Å². The third kappa shape index (κ3) is 6.54. The molecule has 0 radical (unpaired) electrons. The van der Waals surface area contributed by atoms with Gasteiger partial charge < -0.3 is 15.8 Å². The van der Waals surface area contributed by atoms with Crippen molar-refractivity contribution in [3.05, 3.63) is 24.3 Å². The number of anilines is 1. The van der Waals surface area contributed by atoms with Crippen molar-refractivity contribution in [2.75, 3.05) is 5.32 Å². The normalized spacial score (nSPS) is 13.3. The van der Waals surface area contributed by atoms with Crippen molar-refractivity contribution < 1.29 is 17.9 Å². The molecule has 3 N–H and O–H groups in total. The molecule has 106 valence electrons. The number of rotatable bonds is 2. The van der Waals surface area contributed by atoms with Crippen LogP contribution in [-0.4, -0.2) is 17.9 Å². The molecule has 0 aliphatic carbocycles. The number of nitrogens with one attached hydrogen (secondary N) is 1. The molecule has 1 rings (SSSR count). The molecule has 4 nitrogen and oxygen atoms in total. The van der Waals surface area contributed by atoms with Crippen LogP contribution in [0.2, 0.25) is 0 Å². The van der Waals surface area contributed by atoms with E-state index in [-0.39, 0.29) is 17.2 Å². The lowest BCUT2D eigenvalue weighted by Crippen LogP contribution is -2.27. The van der Waals surface area contributed by atoms with Gasteiger partial charge in [-0.2, -0.15) is 0 Å². The van der Waals surface area contributed by atoms with E-state index < -0.39 is 6.36 Å². The molecule has 0 heterocycles. The molecule has 0 spiro atoms. The highest BCUT2D eigenvalue weighted by Crippen LogP contribution is 2.25. The summed E-state index contributed by atoms with van der Waals surface area (Å²) >= 11 is 0. The van der Waals surface area contributed by atoms with E-state index in [0.717, 1.165) is 0 Å². The van der Waals surface area contributed by atoms with Crippen LogP contribution in [0.1, 0.15) is 20.8 Å². The van der Waals surface area contributed by atoms with Crippen molar-refractivity contribution in [3.63, 3.8) is 0 Å². The fourth-order valence-corrected chi connectivity index (χ4v) is 1.31. The predicted octanol–water partition coefficient (Wildman–Crippen LogP) is 3.11. The second kappa shape index (κ2) is 5.38. The number of hydrogen-bond donors (Lipinski definition) is 2. The zero-order chi connectivity index (χ0) is 14.7. The summed E-state index contributed by atoms with van der Waals surface area (Å²) < 4.78 is 40.0. The van der Waals surface area contributed by atoms with Crippen LogP contribution in [-0.2, 0) is 0 Å². The minimum absolute atomic E-state index is 0.122. The molecule has 1 aromatic carbocycles. The summed E-state index contributed by atoms with van der Waals surface area (Å²) in [4.78, 5) is 4.13. The Bertz CT molecular complexity index is 464. The number of alkyl halides is 3. The van der Waals surface area contributed by atoms with Gasteiger partial charge in [-0.1, -0.05) is 6.07 Å². The van der Waals surface area contributed by atoms with Gasteiger partial charge in [-0.3, -0.25) is 0 Å². The lowest BCUT2D eigenvalue weighted by Gasteiger charge is -2.15. The van der Waals surface area contributed by atoms with Crippen molar-refractivity contribution in [2.24, 2.45) is 10.7 Å². The number of halogens is 3.